The minimum absolute atomic E-state index is 0.0662. The molecule has 0 aliphatic carbocycles. The molecule has 0 saturated carbocycles. The van der Waals surface area contributed by atoms with Gasteiger partial charge in [0.15, 0.2) is 11.6 Å². The summed E-state index contributed by atoms with van der Waals surface area (Å²) in [6.45, 7) is 1.63. The molecule has 0 fully saturated rings. The summed E-state index contributed by atoms with van der Waals surface area (Å²) in [4.78, 5) is 2.15. The summed E-state index contributed by atoms with van der Waals surface area (Å²) in [5, 5.41) is 3.16. The van der Waals surface area contributed by atoms with Gasteiger partial charge in [-0.2, -0.15) is 0 Å². The maximum Gasteiger partial charge on any atom is 0.168 e. The fourth-order valence-electron chi connectivity index (χ4n) is 2.79. The minimum atomic E-state index is -0.629. The first kappa shape index (κ1) is 13.2. The molecule has 0 radical (unpaired) electrons. The van der Waals surface area contributed by atoms with Crippen molar-refractivity contribution in [2.45, 2.75) is 18.9 Å². The summed E-state index contributed by atoms with van der Waals surface area (Å²) in [6.07, 6.45) is 3.27. The summed E-state index contributed by atoms with van der Waals surface area (Å²) >= 11 is 0. The highest BCUT2D eigenvalue weighted by Gasteiger charge is 2.30. The van der Waals surface area contributed by atoms with Crippen molar-refractivity contribution in [3.05, 3.63) is 41.2 Å². The van der Waals surface area contributed by atoms with E-state index in [4.69, 9.17) is 10.5 Å². The fraction of sp³-hybridized carbons (Fsp3) is 0.429. The molecule has 0 bridgehead atoms. The van der Waals surface area contributed by atoms with Crippen molar-refractivity contribution < 1.29 is 13.5 Å². The molecule has 3 N–H and O–H groups in total. The highest BCUT2D eigenvalue weighted by Crippen LogP contribution is 2.32. The summed E-state index contributed by atoms with van der Waals surface area (Å²) in [7, 11) is 0. The molecule has 20 heavy (non-hydrogen) atoms. The molecule has 0 unspecified atom stereocenters. The number of fused-ring (bicyclic) bond motifs is 1. The Bertz CT molecular complexity index is 547. The van der Waals surface area contributed by atoms with Crippen LogP contribution in [0.15, 0.2) is 24.0 Å². The number of ether oxygens (including phenoxy) is 1. The van der Waals surface area contributed by atoms with E-state index >= 15 is 0 Å². The van der Waals surface area contributed by atoms with Gasteiger partial charge >= 0.3 is 0 Å². The highest BCUT2D eigenvalue weighted by atomic mass is 19.1. The first-order valence-corrected chi connectivity index (χ1v) is 6.69. The second kappa shape index (κ2) is 5.28. The molecule has 2 heterocycles. The average Bonchev–Trinajstić information content (AvgIpc) is 2.86. The SMILES string of the molecule is NCCC1=CNCN1[C@H]1COc2c(F)cc(F)cc2C1. The van der Waals surface area contributed by atoms with Crippen LogP contribution in [-0.4, -0.2) is 30.8 Å². The molecular formula is C14H17F2N3O. The Morgan fingerprint density at radius 1 is 1.40 bits per heavy atom. The molecule has 2 aliphatic rings. The number of halogens is 2. The third-order valence-electron chi connectivity index (χ3n) is 3.70. The molecule has 108 valence electrons. The van der Waals surface area contributed by atoms with E-state index < -0.39 is 11.6 Å². The van der Waals surface area contributed by atoms with Crippen molar-refractivity contribution in [1.82, 2.24) is 10.2 Å². The maximum atomic E-state index is 13.6. The average molecular weight is 281 g/mol. The van der Waals surface area contributed by atoms with Crippen LogP contribution in [0.3, 0.4) is 0 Å². The third kappa shape index (κ3) is 2.31. The van der Waals surface area contributed by atoms with Crippen LogP contribution < -0.4 is 15.8 Å². The van der Waals surface area contributed by atoms with E-state index in [0.717, 1.165) is 18.2 Å². The second-order valence-corrected chi connectivity index (χ2v) is 5.05. The van der Waals surface area contributed by atoms with E-state index in [2.05, 4.69) is 10.2 Å². The van der Waals surface area contributed by atoms with Gasteiger partial charge in [0, 0.05) is 29.9 Å². The van der Waals surface area contributed by atoms with E-state index in [1.165, 1.54) is 6.07 Å². The van der Waals surface area contributed by atoms with Gasteiger partial charge in [0.05, 0.1) is 12.7 Å². The number of nitrogens with zero attached hydrogens (tertiary/aromatic N) is 1. The molecule has 3 rings (SSSR count). The second-order valence-electron chi connectivity index (χ2n) is 5.05. The van der Waals surface area contributed by atoms with Gasteiger partial charge in [-0.05, 0) is 19.0 Å². The molecular weight excluding hydrogens is 264 g/mol. The van der Waals surface area contributed by atoms with E-state index in [1.807, 2.05) is 6.20 Å². The van der Waals surface area contributed by atoms with Crippen molar-refractivity contribution in [2.75, 3.05) is 19.8 Å². The van der Waals surface area contributed by atoms with Crippen molar-refractivity contribution >= 4 is 0 Å². The van der Waals surface area contributed by atoms with E-state index in [-0.39, 0.29) is 11.8 Å². The molecule has 1 aromatic carbocycles. The zero-order valence-corrected chi connectivity index (χ0v) is 11.0. The Hall–Kier alpha value is -1.82. The molecule has 2 aliphatic heterocycles. The molecule has 1 aromatic rings. The molecule has 4 nitrogen and oxygen atoms in total. The van der Waals surface area contributed by atoms with Crippen LogP contribution in [-0.2, 0) is 6.42 Å². The smallest absolute Gasteiger partial charge is 0.168 e. The van der Waals surface area contributed by atoms with E-state index in [9.17, 15) is 8.78 Å². The quantitative estimate of drug-likeness (QED) is 0.877. The Labute approximate surface area is 116 Å². The monoisotopic (exact) mass is 281 g/mol. The van der Waals surface area contributed by atoms with Gasteiger partial charge in [-0.3, -0.25) is 0 Å². The highest BCUT2D eigenvalue weighted by molar-refractivity contribution is 5.38. The van der Waals surface area contributed by atoms with Gasteiger partial charge in [-0.25, -0.2) is 8.78 Å². The Balaban J connectivity index is 1.80. The number of hydrogen-bond donors (Lipinski definition) is 2. The molecule has 1 atom stereocenters. The molecule has 6 heteroatoms. The summed E-state index contributed by atoms with van der Waals surface area (Å²) < 4.78 is 32.4. The van der Waals surface area contributed by atoms with Crippen molar-refractivity contribution in [2.24, 2.45) is 5.73 Å². The molecule has 0 saturated heterocycles. The number of nitrogens with one attached hydrogen (secondary N) is 1. The van der Waals surface area contributed by atoms with Crippen LogP contribution in [0.1, 0.15) is 12.0 Å². The Morgan fingerprint density at radius 2 is 2.25 bits per heavy atom. The van der Waals surface area contributed by atoms with Gasteiger partial charge in [-0.1, -0.05) is 0 Å². The zero-order chi connectivity index (χ0) is 14.1. The maximum absolute atomic E-state index is 13.6. The molecule has 0 aromatic heterocycles. The normalized spacial score (nSPS) is 21.1. The first-order chi connectivity index (χ1) is 9.69. The van der Waals surface area contributed by atoms with E-state index in [0.29, 0.717) is 31.8 Å². The minimum Gasteiger partial charge on any atom is -0.488 e. The predicted octanol–water partition coefficient (Wildman–Crippen LogP) is 1.32. The lowest BCUT2D eigenvalue weighted by Gasteiger charge is -2.35. The van der Waals surface area contributed by atoms with Gasteiger partial charge in [0.1, 0.15) is 12.4 Å². The lowest BCUT2D eigenvalue weighted by Crippen LogP contribution is -2.43. The van der Waals surface area contributed by atoms with Crippen molar-refractivity contribution in [1.29, 1.82) is 0 Å². The van der Waals surface area contributed by atoms with Crippen LogP contribution in [0, 0.1) is 11.6 Å². The first-order valence-electron chi connectivity index (χ1n) is 6.69. The van der Waals surface area contributed by atoms with Crippen LogP contribution in [0.2, 0.25) is 0 Å². The Kier molecular flexibility index (Phi) is 3.48. The lowest BCUT2D eigenvalue weighted by molar-refractivity contribution is 0.146. The summed E-state index contributed by atoms with van der Waals surface area (Å²) in [5.74, 6) is -1.02. The fourth-order valence-corrected chi connectivity index (χ4v) is 2.79. The van der Waals surface area contributed by atoms with Gasteiger partial charge in [-0.15, -0.1) is 0 Å². The predicted molar refractivity (Wildman–Crippen MR) is 70.9 cm³/mol. The number of benzene rings is 1. The van der Waals surface area contributed by atoms with Crippen molar-refractivity contribution in [3.63, 3.8) is 0 Å². The van der Waals surface area contributed by atoms with Gasteiger partial charge in [0.2, 0.25) is 0 Å². The standard InChI is InChI=1S/C14H17F2N3O/c15-10-3-9-4-12(7-20-14(9)13(16)5-10)19-8-18-6-11(19)1-2-17/h3,5-6,12,18H,1-2,4,7-8,17H2/t12-/m1/s1. The zero-order valence-electron chi connectivity index (χ0n) is 11.0. The van der Waals surface area contributed by atoms with Crippen LogP contribution in [0.4, 0.5) is 8.78 Å². The Morgan fingerprint density at radius 3 is 3.05 bits per heavy atom. The summed E-state index contributed by atoms with van der Waals surface area (Å²) in [6, 6.07) is 2.27. The van der Waals surface area contributed by atoms with Crippen LogP contribution >= 0.6 is 0 Å². The largest absolute Gasteiger partial charge is 0.488 e. The van der Waals surface area contributed by atoms with Crippen LogP contribution in [0.25, 0.3) is 0 Å². The third-order valence-corrected chi connectivity index (χ3v) is 3.70. The van der Waals surface area contributed by atoms with Crippen molar-refractivity contribution in [3.8, 4) is 5.75 Å². The molecule has 0 spiro atoms. The van der Waals surface area contributed by atoms with Crippen LogP contribution in [0.5, 0.6) is 5.75 Å². The number of nitrogens with two attached hydrogens (primary N) is 1. The van der Waals surface area contributed by atoms with Gasteiger partial charge in [0.25, 0.3) is 0 Å². The number of rotatable bonds is 3. The number of hydrogen-bond acceptors (Lipinski definition) is 4. The molecule has 0 amide bonds. The van der Waals surface area contributed by atoms with E-state index in [1.54, 1.807) is 0 Å². The lowest BCUT2D eigenvalue weighted by atomic mass is 10.0. The topological polar surface area (TPSA) is 50.5 Å². The van der Waals surface area contributed by atoms with Gasteiger partial charge < -0.3 is 20.7 Å². The summed E-state index contributed by atoms with van der Waals surface area (Å²) in [5.41, 5.74) is 7.28.